The van der Waals surface area contributed by atoms with Crippen LogP contribution < -0.4 is 4.74 Å². The molecule has 0 atom stereocenters. The second-order valence-corrected chi connectivity index (χ2v) is 6.74. The van der Waals surface area contributed by atoms with Crippen LogP contribution in [0.1, 0.15) is 54.8 Å². The van der Waals surface area contributed by atoms with Crippen LogP contribution in [-0.2, 0) is 0 Å². The number of hydrogen-bond acceptors (Lipinski definition) is 4. The summed E-state index contributed by atoms with van der Waals surface area (Å²) in [4.78, 5) is 19.0. The molecule has 1 saturated heterocycles. The number of rotatable bonds is 4. The summed E-state index contributed by atoms with van der Waals surface area (Å²) in [5.74, 6) is 1.83. The summed E-state index contributed by atoms with van der Waals surface area (Å²) < 4.78 is 7.27. The molecular weight excluding hydrogens is 318 g/mol. The molecule has 3 rings (SSSR count). The molecule has 2 heterocycles. The normalized spacial score (nSPS) is 15.6. The molecule has 1 aromatic heterocycles. The molecule has 25 heavy (non-hydrogen) atoms. The summed E-state index contributed by atoms with van der Waals surface area (Å²) in [6.07, 6.45) is 5.63. The first-order valence-electron chi connectivity index (χ1n) is 8.70. The Kier molecular flexibility index (Phi) is 4.97. The highest BCUT2D eigenvalue weighted by Crippen LogP contribution is 2.31. The van der Waals surface area contributed by atoms with Crippen molar-refractivity contribution in [1.29, 1.82) is 0 Å². The fourth-order valence-electron chi connectivity index (χ4n) is 3.41. The third kappa shape index (κ3) is 3.48. The van der Waals surface area contributed by atoms with E-state index < -0.39 is 0 Å². The molecule has 2 aromatic rings. The van der Waals surface area contributed by atoms with Gasteiger partial charge in [0.25, 0.3) is 5.91 Å². The maximum Gasteiger partial charge on any atom is 0.257 e. The van der Waals surface area contributed by atoms with Crippen LogP contribution in [0.3, 0.4) is 0 Å². The van der Waals surface area contributed by atoms with Gasteiger partial charge in [0.1, 0.15) is 17.3 Å². The molecular formula is C19H25N3O3. The van der Waals surface area contributed by atoms with Crippen molar-refractivity contribution in [2.24, 2.45) is 0 Å². The van der Waals surface area contributed by atoms with Gasteiger partial charge in [-0.2, -0.15) is 0 Å². The molecule has 0 saturated carbocycles. The molecule has 0 aliphatic carbocycles. The molecule has 0 unspecified atom stereocenters. The minimum atomic E-state index is -0.134. The zero-order valence-electron chi connectivity index (χ0n) is 15.0. The molecule has 6 heteroatoms. The summed E-state index contributed by atoms with van der Waals surface area (Å²) >= 11 is 0. The average molecular weight is 343 g/mol. The van der Waals surface area contributed by atoms with E-state index in [-0.39, 0.29) is 11.7 Å². The number of amides is 1. The fourth-order valence-corrected chi connectivity index (χ4v) is 3.41. The minimum absolute atomic E-state index is 0.0400. The minimum Gasteiger partial charge on any atom is -0.507 e. The first-order chi connectivity index (χ1) is 12.0. The van der Waals surface area contributed by atoms with E-state index in [9.17, 15) is 9.90 Å². The molecule has 0 radical (unpaired) electrons. The van der Waals surface area contributed by atoms with Gasteiger partial charge in [-0.15, -0.1) is 0 Å². The zero-order valence-corrected chi connectivity index (χ0v) is 15.0. The lowest BCUT2D eigenvalue weighted by Gasteiger charge is -2.32. The summed E-state index contributed by atoms with van der Waals surface area (Å²) in [5.41, 5.74) is 0.322. The van der Waals surface area contributed by atoms with Crippen LogP contribution in [0.15, 0.2) is 30.6 Å². The Labute approximate surface area is 148 Å². The lowest BCUT2D eigenvalue weighted by Crippen LogP contribution is -2.38. The number of ether oxygens (including phenoxy) is 1. The van der Waals surface area contributed by atoms with Gasteiger partial charge in [-0.3, -0.25) is 4.79 Å². The van der Waals surface area contributed by atoms with Crippen molar-refractivity contribution in [2.75, 3.05) is 20.2 Å². The quantitative estimate of drug-likeness (QED) is 0.926. The number of aromatic nitrogens is 2. The largest absolute Gasteiger partial charge is 0.507 e. The Morgan fingerprint density at radius 1 is 1.32 bits per heavy atom. The highest BCUT2D eigenvalue weighted by Gasteiger charge is 2.28. The van der Waals surface area contributed by atoms with Crippen LogP contribution >= 0.6 is 0 Å². The van der Waals surface area contributed by atoms with Crippen molar-refractivity contribution < 1.29 is 14.6 Å². The number of likely N-dealkylation sites (tertiary alicyclic amines) is 1. The number of piperidine rings is 1. The lowest BCUT2D eigenvalue weighted by atomic mass is 9.95. The second-order valence-electron chi connectivity index (χ2n) is 6.74. The highest BCUT2D eigenvalue weighted by atomic mass is 16.5. The number of methoxy groups -OCH3 is 1. The molecule has 0 bridgehead atoms. The van der Waals surface area contributed by atoms with Crippen LogP contribution in [0, 0.1) is 0 Å². The lowest BCUT2D eigenvalue weighted by molar-refractivity contribution is 0.0707. The van der Waals surface area contributed by atoms with Gasteiger partial charge in [-0.25, -0.2) is 4.98 Å². The molecule has 0 spiro atoms. The van der Waals surface area contributed by atoms with Crippen molar-refractivity contribution in [3.05, 3.63) is 42.0 Å². The van der Waals surface area contributed by atoms with Crippen LogP contribution in [0.4, 0.5) is 0 Å². The zero-order chi connectivity index (χ0) is 18.0. The number of nitrogens with zero attached hydrogens (tertiary/aromatic N) is 3. The molecule has 1 fully saturated rings. The van der Waals surface area contributed by atoms with Gasteiger partial charge in [0.2, 0.25) is 0 Å². The number of carbonyl (C=O) groups is 1. The smallest absolute Gasteiger partial charge is 0.257 e. The topological polar surface area (TPSA) is 67.6 Å². The Balaban J connectivity index is 1.68. The maximum absolute atomic E-state index is 12.7. The molecule has 1 aliphatic heterocycles. The van der Waals surface area contributed by atoms with Gasteiger partial charge in [-0.1, -0.05) is 0 Å². The number of carbonyl (C=O) groups excluding carboxylic acids is 1. The maximum atomic E-state index is 12.7. The molecule has 1 amide bonds. The van der Waals surface area contributed by atoms with Gasteiger partial charge < -0.3 is 19.3 Å². The fraction of sp³-hybridized carbons (Fsp3) is 0.474. The predicted octanol–water partition coefficient (Wildman–Crippen LogP) is 3.20. The van der Waals surface area contributed by atoms with Crippen molar-refractivity contribution in [3.63, 3.8) is 0 Å². The number of benzene rings is 1. The Bertz CT molecular complexity index is 746. The Morgan fingerprint density at radius 2 is 2.04 bits per heavy atom. The first-order valence-corrected chi connectivity index (χ1v) is 8.70. The SMILES string of the molecule is COc1ccc(C(=O)N2CCC(c3nccn3C(C)C)CC2)c(O)c1. The van der Waals surface area contributed by atoms with E-state index in [2.05, 4.69) is 23.4 Å². The van der Waals surface area contributed by atoms with Gasteiger partial charge in [-0.05, 0) is 38.8 Å². The van der Waals surface area contributed by atoms with E-state index in [0.29, 0.717) is 36.4 Å². The van der Waals surface area contributed by atoms with Crippen molar-refractivity contribution in [1.82, 2.24) is 14.5 Å². The van der Waals surface area contributed by atoms with Crippen LogP contribution in [0.25, 0.3) is 0 Å². The summed E-state index contributed by atoms with van der Waals surface area (Å²) in [7, 11) is 1.53. The van der Waals surface area contributed by atoms with Crippen molar-refractivity contribution >= 4 is 5.91 Å². The first kappa shape index (κ1) is 17.3. The van der Waals surface area contributed by atoms with E-state index in [0.717, 1.165) is 18.7 Å². The summed E-state index contributed by atoms with van der Waals surface area (Å²) in [6.45, 7) is 5.63. The average Bonchev–Trinajstić information content (AvgIpc) is 3.11. The van der Waals surface area contributed by atoms with Gasteiger partial charge in [0.05, 0.1) is 12.7 Å². The van der Waals surface area contributed by atoms with Crippen LogP contribution in [0.5, 0.6) is 11.5 Å². The molecule has 1 aliphatic rings. The summed E-state index contributed by atoms with van der Waals surface area (Å²) in [5, 5.41) is 10.1. The number of aromatic hydroxyl groups is 1. The van der Waals surface area contributed by atoms with E-state index >= 15 is 0 Å². The number of phenolic OH excluding ortho intramolecular Hbond substituents is 1. The highest BCUT2D eigenvalue weighted by molar-refractivity contribution is 5.97. The van der Waals surface area contributed by atoms with E-state index in [4.69, 9.17) is 4.74 Å². The van der Waals surface area contributed by atoms with Crippen molar-refractivity contribution in [3.8, 4) is 11.5 Å². The van der Waals surface area contributed by atoms with Gasteiger partial charge >= 0.3 is 0 Å². The predicted molar refractivity (Wildman–Crippen MR) is 95.1 cm³/mol. The van der Waals surface area contributed by atoms with Crippen LogP contribution in [-0.4, -0.2) is 45.7 Å². The molecule has 6 nitrogen and oxygen atoms in total. The second kappa shape index (κ2) is 7.17. The van der Waals surface area contributed by atoms with E-state index in [1.165, 1.54) is 13.2 Å². The third-order valence-corrected chi connectivity index (χ3v) is 4.84. The number of imidazole rings is 1. The summed E-state index contributed by atoms with van der Waals surface area (Å²) in [6, 6.07) is 5.17. The monoisotopic (exact) mass is 343 g/mol. The number of phenols is 1. The standard InChI is InChI=1S/C19H25N3O3/c1-13(2)22-11-8-20-18(22)14-6-9-21(10-7-14)19(24)16-5-4-15(25-3)12-17(16)23/h4-5,8,11-14,23H,6-7,9-10H2,1-3H3. The molecule has 1 aromatic carbocycles. The van der Waals surface area contributed by atoms with E-state index in [1.54, 1.807) is 17.0 Å². The number of hydrogen-bond donors (Lipinski definition) is 1. The van der Waals surface area contributed by atoms with Gasteiger partial charge in [0.15, 0.2) is 0 Å². The molecule has 134 valence electrons. The van der Waals surface area contributed by atoms with Crippen molar-refractivity contribution in [2.45, 2.75) is 38.6 Å². The third-order valence-electron chi connectivity index (χ3n) is 4.84. The van der Waals surface area contributed by atoms with Crippen LogP contribution in [0.2, 0.25) is 0 Å². The van der Waals surface area contributed by atoms with E-state index in [1.807, 2.05) is 12.4 Å². The Hall–Kier alpha value is -2.50. The molecule has 1 N–H and O–H groups in total. The van der Waals surface area contributed by atoms with Gasteiger partial charge in [0, 0.05) is 43.5 Å². The Morgan fingerprint density at radius 3 is 2.64 bits per heavy atom.